The number of phenolic OH excluding ortho intramolecular Hbond substituents is 3. The second-order valence-electron chi connectivity index (χ2n) is 5.78. The molecule has 0 saturated heterocycles. The number of phenols is 3. The largest absolute Gasteiger partial charge is 0.508 e. The van der Waals surface area contributed by atoms with Crippen LogP contribution in [0.3, 0.4) is 0 Å². The van der Waals surface area contributed by atoms with E-state index < -0.39 is 0 Å². The van der Waals surface area contributed by atoms with Crippen LogP contribution in [-0.4, -0.2) is 40.4 Å². The van der Waals surface area contributed by atoms with Gasteiger partial charge in [-0.25, -0.2) is 0 Å². The molecular formula is C17H19Cl2NO3. The van der Waals surface area contributed by atoms with Crippen LogP contribution in [0.2, 0.25) is 5.02 Å². The highest BCUT2D eigenvalue weighted by molar-refractivity contribution is 6.33. The third-order valence-electron chi connectivity index (χ3n) is 4.26. The predicted molar refractivity (Wildman–Crippen MR) is 93.2 cm³/mol. The highest BCUT2D eigenvalue weighted by Gasteiger charge is 2.27. The molecule has 2 aromatic rings. The monoisotopic (exact) mass is 355 g/mol. The Balaban J connectivity index is 0.00000192. The number of nitrogens with zero attached hydrogens (tertiary/aromatic N) is 1. The van der Waals surface area contributed by atoms with E-state index in [1.165, 1.54) is 0 Å². The van der Waals surface area contributed by atoms with E-state index in [0.29, 0.717) is 6.42 Å². The fourth-order valence-corrected chi connectivity index (χ4v) is 3.35. The van der Waals surface area contributed by atoms with Gasteiger partial charge in [0.15, 0.2) is 11.5 Å². The molecule has 124 valence electrons. The van der Waals surface area contributed by atoms with E-state index >= 15 is 0 Å². The van der Waals surface area contributed by atoms with Crippen LogP contribution in [0.4, 0.5) is 0 Å². The van der Waals surface area contributed by atoms with E-state index in [1.807, 2.05) is 19.2 Å². The van der Waals surface area contributed by atoms with Crippen LogP contribution in [0.25, 0.3) is 0 Å². The summed E-state index contributed by atoms with van der Waals surface area (Å²) in [7, 11) is 2.03. The summed E-state index contributed by atoms with van der Waals surface area (Å²) in [6.07, 6.45) is 0.715. The van der Waals surface area contributed by atoms with Crippen molar-refractivity contribution in [1.82, 2.24) is 4.90 Å². The molecular weight excluding hydrogens is 337 g/mol. The molecule has 0 radical (unpaired) electrons. The average molecular weight is 356 g/mol. The Morgan fingerprint density at radius 2 is 1.78 bits per heavy atom. The Kier molecular flexibility index (Phi) is 5.30. The van der Waals surface area contributed by atoms with Gasteiger partial charge < -0.3 is 20.2 Å². The second-order valence-corrected chi connectivity index (χ2v) is 6.16. The molecule has 1 heterocycles. The van der Waals surface area contributed by atoms with Crippen LogP contribution in [0.5, 0.6) is 17.2 Å². The van der Waals surface area contributed by atoms with Crippen LogP contribution < -0.4 is 0 Å². The Morgan fingerprint density at radius 3 is 2.43 bits per heavy atom. The van der Waals surface area contributed by atoms with Crippen molar-refractivity contribution in [2.75, 3.05) is 20.1 Å². The number of likely N-dealkylation sites (N-methyl/N-ethyl adjacent to an activating group) is 1. The van der Waals surface area contributed by atoms with E-state index in [2.05, 4.69) is 4.90 Å². The Bertz CT molecular complexity index is 704. The first kappa shape index (κ1) is 17.7. The van der Waals surface area contributed by atoms with Crippen molar-refractivity contribution in [3.63, 3.8) is 0 Å². The van der Waals surface area contributed by atoms with Gasteiger partial charge in [-0.3, -0.25) is 0 Å². The topological polar surface area (TPSA) is 63.9 Å². The lowest BCUT2D eigenvalue weighted by Crippen LogP contribution is -2.24. The predicted octanol–water partition coefficient (Wildman–Crippen LogP) is 3.50. The Hall–Kier alpha value is -1.62. The van der Waals surface area contributed by atoms with Crippen molar-refractivity contribution in [2.45, 2.75) is 12.3 Å². The highest BCUT2D eigenvalue weighted by atomic mass is 35.5. The lowest BCUT2D eigenvalue weighted by Gasteiger charge is -2.22. The minimum atomic E-state index is -0.255. The molecule has 0 spiro atoms. The van der Waals surface area contributed by atoms with E-state index in [0.717, 1.165) is 29.8 Å². The van der Waals surface area contributed by atoms with Crippen molar-refractivity contribution in [2.24, 2.45) is 0 Å². The van der Waals surface area contributed by atoms with Gasteiger partial charge in [0, 0.05) is 19.0 Å². The minimum absolute atomic E-state index is 0. The van der Waals surface area contributed by atoms with Gasteiger partial charge in [0.05, 0.1) is 5.02 Å². The zero-order valence-corrected chi connectivity index (χ0v) is 14.2. The first-order valence-corrected chi connectivity index (χ1v) is 7.56. The zero-order valence-electron chi connectivity index (χ0n) is 12.7. The summed E-state index contributed by atoms with van der Waals surface area (Å²) in [4.78, 5) is 2.20. The fourth-order valence-electron chi connectivity index (χ4n) is 3.05. The van der Waals surface area contributed by atoms with E-state index in [-0.39, 0.29) is 40.6 Å². The quantitative estimate of drug-likeness (QED) is 0.685. The van der Waals surface area contributed by atoms with Gasteiger partial charge >= 0.3 is 0 Å². The molecule has 6 heteroatoms. The number of aromatic hydroxyl groups is 3. The molecule has 23 heavy (non-hydrogen) atoms. The number of fused-ring (bicyclic) bond motifs is 1. The van der Waals surface area contributed by atoms with Gasteiger partial charge in [-0.15, -0.1) is 12.4 Å². The van der Waals surface area contributed by atoms with Crippen molar-refractivity contribution >= 4 is 24.0 Å². The number of benzene rings is 2. The molecule has 0 aromatic heterocycles. The van der Waals surface area contributed by atoms with Crippen molar-refractivity contribution in [3.05, 3.63) is 52.0 Å². The smallest absolute Gasteiger partial charge is 0.176 e. The Labute approximate surface area is 146 Å². The maximum Gasteiger partial charge on any atom is 0.176 e. The van der Waals surface area contributed by atoms with Crippen molar-refractivity contribution in [3.8, 4) is 17.2 Å². The number of hydrogen-bond donors (Lipinski definition) is 3. The molecule has 0 bridgehead atoms. The first-order chi connectivity index (χ1) is 10.5. The molecule has 1 unspecified atom stereocenters. The Morgan fingerprint density at radius 1 is 1.13 bits per heavy atom. The molecule has 0 aliphatic carbocycles. The summed E-state index contributed by atoms with van der Waals surface area (Å²) in [6.45, 7) is 1.60. The second kappa shape index (κ2) is 6.87. The molecule has 0 amide bonds. The standard InChI is InChI=1S/C17H18ClNO3.ClH/c1-19-7-6-12-13(8-15(21)17(22)16(12)18)14(9-19)10-2-4-11(20)5-3-10;/h2-5,8,14,20-22H,6-7,9H2,1H3;1H. The molecule has 0 fully saturated rings. The van der Waals surface area contributed by atoms with Crippen LogP contribution >= 0.6 is 24.0 Å². The van der Waals surface area contributed by atoms with Crippen molar-refractivity contribution in [1.29, 1.82) is 0 Å². The summed E-state index contributed by atoms with van der Waals surface area (Å²) >= 11 is 6.25. The molecule has 4 nitrogen and oxygen atoms in total. The number of hydrogen-bond acceptors (Lipinski definition) is 4. The summed E-state index contributed by atoms with van der Waals surface area (Å²) in [5.41, 5.74) is 2.84. The zero-order chi connectivity index (χ0) is 15.9. The molecule has 3 N–H and O–H groups in total. The maximum absolute atomic E-state index is 9.93. The molecule has 0 saturated carbocycles. The van der Waals surface area contributed by atoms with Crippen LogP contribution in [-0.2, 0) is 6.42 Å². The lowest BCUT2D eigenvalue weighted by atomic mass is 9.87. The molecule has 3 rings (SSSR count). The molecule has 1 aliphatic rings. The van der Waals surface area contributed by atoms with Crippen LogP contribution in [0.1, 0.15) is 22.6 Å². The summed E-state index contributed by atoms with van der Waals surface area (Å²) < 4.78 is 0. The fraction of sp³-hybridized carbons (Fsp3) is 0.294. The van der Waals surface area contributed by atoms with Gasteiger partial charge in [-0.2, -0.15) is 0 Å². The van der Waals surface area contributed by atoms with E-state index in [9.17, 15) is 15.3 Å². The lowest BCUT2D eigenvalue weighted by molar-refractivity contribution is 0.338. The van der Waals surface area contributed by atoms with Crippen LogP contribution in [0.15, 0.2) is 30.3 Å². The van der Waals surface area contributed by atoms with E-state index in [4.69, 9.17) is 11.6 Å². The third kappa shape index (κ3) is 3.34. The minimum Gasteiger partial charge on any atom is -0.508 e. The molecule has 1 aliphatic heterocycles. The van der Waals surface area contributed by atoms with Gasteiger partial charge in [-0.1, -0.05) is 23.7 Å². The summed E-state index contributed by atoms with van der Waals surface area (Å²) in [5, 5.41) is 29.5. The number of halogens is 2. The van der Waals surface area contributed by atoms with Gasteiger partial charge in [0.25, 0.3) is 0 Å². The normalized spacial score (nSPS) is 17.9. The molecule has 1 atom stereocenters. The SMILES string of the molecule is CN1CCc2c(cc(O)c(O)c2Cl)C(c2ccc(O)cc2)C1.Cl. The van der Waals surface area contributed by atoms with Gasteiger partial charge in [0.2, 0.25) is 0 Å². The number of rotatable bonds is 1. The van der Waals surface area contributed by atoms with Crippen molar-refractivity contribution < 1.29 is 15.3 Å². The van der Waals surface area contributed by atoms with Gasteiger partial charge in [0.1, 0.15) is 5.75 Å². The summed E-state index contributed by atoms with van der Waals surface area (Å²) in [6, 6.07) is 8.66. The van der Waals surface area contributed by atoms with Crippen LogP contribution in [0, 0.1) is 0 Å². The van der Waals surface area contributed by atoms with E-state index in [1.54, 1.807) is 18.2 Å². The first-order valence-electron chi connectivity index (χ1n) is 7.18. The summed E-state index contributed by atoms with van der Waals surface area (Å²) in [5.74, 6) is -0.212. The third-order valence-corrected chi connectivity index (χ3v) is 4.67. The average Bonchev–Trinajstić information content (AvgIpc) is 2.65. The van der Waals surface area contributed by atoms with Gasteiger partial charge in [-0.05, 0) is 48.4 Å². The maximum atomic E-state index is 9.93. The molecule has 2 aromatic carbocycles. The highest BCUT2D eigenvalue weighted by Crippen LogP contribution is 2.43.